The Hall–Kier alpha value is -1.90. The molecule has 0 bridgehead atoms. The van der Waals surface area contributed by atoms with Crippen molar-refractivity contribution >= 4 is 5.78 Å². The molecule has 2 rings (SSSR count). The van der Waals surface area contributed by atoms with E-state index in [2.05, 4.69) is 11.9 Å². The molecule has 3 heteroatoms. The van der Waals surface area contributed by atoms with E-state index < -0.39 is 0 Å². The lowest BCUT2D eigenvalue weighted by Gasteiger charge is -2.01. The van der Waals surface area contributed by atoms with Gasteiger partial charge in [0.1, 0.15) is 6.26 Å². The molecule has 1 aromatic heterocycles. The molecular formula is C14H15NO2. The number of carbonyl (C=O) groups is 1. The van der Waals surface area contributed by atoms with Gasteiger partial charge < -0.3 is 4.42 Å². The smallest absolute Gasteiger partial charge is 0.268 e. The van der Waals surface area contributed by atoms with Crippen LogP contribution in [0.25, 0.3) is 0 Å². The minimum atomic E-state index is -0.169. The summed E-state index contributed by atoms with van der Waals surface area (Å²) in [6.07, 6.45) is 6.29. The van der Waals surface area contributed by atoms with Gasteiger partial charge in [0.05, 0.1) is 6.20 Å². The molecule has 1 aromatic carbocycles. The first-order valence-electron chi connectivity index (χ1n) is 5.84. The third-order valence-electron chi connectivity index (χ3n) is 2.66. The van der Waals surface area contributed by atoms with Crippen LogP contribution in [0.1, 0.15) is 41.6 Å². The van der Waals surface area contributed by atoms with E-state index >= 15 is 0 Å². The van der Waals surface area contributed by atoms with E-state index in [9.17, 15) is 4.79 Å². The summed E-state index contributed by atoms with van der Waals surface area (Å²) in [5.74, 6) is -0.0247. The Labute approximate surface area is 100 Å². The molecule has 1 heterocycles. The maximum atomic E-state index is 11.9. The molecular weight excluding hydrogens is 214 g/mol. The Morgan fingerprint density at radius 1 is 1.29 bits per heavy atom. The van der Waals surface area contributed by atoms with Gasteiger partial charge in [-0.15, -0.1) is 0 Å². The monoisotopic (exact) mass is 229 g/mol. The Morgan fingerprint density at radius 3 is 2.65 bits per heavy atom. The second-order valence-corrected chi connectivity index (χ2v) is 3.97. The molecule has 0 aliphatic rings. The number of benzene rings is 1. The van der Waals surface area contributed by atoms with Gasteiger partial charge in [-0.3, -0.25) is 4.79 Å². The van der Waals surface area contributed by atoms with Crippen LogP contribution in [-0.4, -0.2) is 10.8 Å². The van der Waals surface area contributed by atoms with Crippen molar-refractivity contribution in [1.82, 2.24) is 4.98 Å². The van der Waals surface area contributed by atoms with Gasteiger partial charge in [0.2, 0.25) is 5.78 Å². The topological polar surface area (TPSA) is 43.1 Å². The van der Waals surface area contributed by atoms with E-state index in [-0.39, 0.29) is 11.7 Å². The number of hydrogen-bond donors (Lipinski definition) is 0. The lowest BCUT2D eigenvalue weighted by Crippen LogP contribution is -2.01. The van der Waals surface area contributed by atoms with Crippen molar-refractivity contribution < 1.29 is 9.21 Å². The Balaban J connectivity index is 2.10. The van der Waals surface area contributed by atoms with Crippen molar-refractivity contribution in [2.75, 3.05) is 0 Å². The number of ketones is 1. The summed E-state index contributed by atoms with van der Waals surface area (Å²) in [5, 5.41) is 0. The third kappa shape index (κ3) is 2.81. The van der Waals surface area contributed by atoms with Crippen LogP contribution in [0, 0.1) is 0 Å². The number of aromatic nitrogens is 1. The fourth-order valence-corrected chi connectivity index (χ4v) is 1.66. The standard InChI is InChI=1S/C14H15NO2/c1-2-3-4-11-5-7-12(8-6-11)13(16)14-15-9-10-17-14/h5-10H,2-4H2,1H3. The average Bonchev–Trinajstić information content (AvgIpc) is 2.90. The number of carbonyl (C=O) groups excluding carboxylic acids is 1. The first-order chi connectivity index (χ1) is 8.31. The second kappa shape index (κ2) is 5.43. The van der Waals surface area contributed by atoms with E-state index in [1.807, 2.05) is 24.3 Å². The summed E-state index contributed by atoms with van der Waals surface area (Å²) in [6, 6.07) is 7.65. The summed E-state index contributed by atoms with van der Waals surface area (Å²) >= 11 is 0. The molecule has 0 aliphatic heterocycles. The SMILES string of the molecule is CCCCc1ccc(C(=O)c2ncco2)cc1. The fourth-order valence-electron chi connectivity index (χ4n) is 1.66. The Kier molecular flexibility index (Phi) is 3.70. The normalized spacial score (nSPS) is 10.4. The van der Waals surface area contributed by atoms with Crippen LogP contribution in [0.2, 0.25) is 0 Å². The number of rotatable bonds is 5. The van der Waals surface area contributed by atoms with Gasteiger partial charge in [0.25, 0.3) is 5.89 Å². The molecule has 0 saturated heterocycles. The van der Waals surface area contributed by atoms with Crippen LogP contribution in [-0.2, 0) is 6.42 Å². The van der Waals surface area contributed by atoms with Crippen LogP contribution in [0.15, 0.2) is 41.1 Å². The molecule has 0 unspecified atom stereocenters. The predicted octanol–water partition coefficient (Wildman–Crippen LogP) is 3.25. The number of unbranched alkanes of at least 4 members (excludes halogenated alkanes) is 1. The van der Waals surface area contributed by atoms with Gasteiger partial charge in [0, 0.05) is 5.56 Å². The molecule has 0 amide bonds. The first-order valence-corrected chi connectivity index (χ1v) is 5.84. The largest absolute Gasteiger partial charge is 0.442 e. The molecule has 0 radical (unpaired) electrons. The molecule has 88 valence electrons. The number of oxazole rings is 1. The summed E-state index contributed by atoms with van der Waals surface area (Å²) in [7, 11) is 0. The molecule has 0 saturated carbocycles. The number of hydrogen-bond acceptors (Lipinski definition) is 3. The zero-order valence-electron chi connectivity index (χ0n) is 9.85. The summed E-state index contributed by atoms with van der Waals surface area (Å²) in [4.78, 5) is 15.7. The molecule has 3 nitrogen and oxygen atoms in total. The second-order valence-electron chi connectivity index (χ2n) is 3.97. The van der Waals surface area contributed by atoms with Crippen molar-refractivity contribution in [3.63, 3.8) is 0 Å². The van der Waals surface area contributed by atoms with Gasteiger partial charge in [-0.2, -0.15) is 0 Å². The molecule has 0 spiro atoms. The van der Waals surface area contributed by atoms with Crippen molar-refractivity contribution in [3.8, 4) is 0 Å². The van der Waals surface area contributed by atoms with Crippen LogP contribution >= 0.6 is 0 Å². The van der Waals surface area contributed by atoms with Crippen LogP contribution in [0.3, 0.4) is 0 Å². The maximum Gasteiger partial charge on any atom is 0.268 e. The minimum absolute atomic E-state index is 0.145. The van der Waals surface area contributed by atoms with E-state index in [1.54, 1.807) is 0 Å². The molecule has 0 aliphatic carbocycles. The molecule has 17 heavy (non-hydrogen) atoms. The highest BCUT2D eigenvalue weighted by Gasteiger charge is 2.12. The Bertz CT molecular complexity index is 471. The highest BCUT2D eigenvalue weighted by atomic mass is 16.3. The quantitative estimate of drug-likeness (QED) is 0.739. The third-order valence-corrected chi connectivity index (χ3v) is 2.66. The summed E-state index contributed by atoms with van der Waals surface area (Å²) in [6.45, 7) is 2.17. The lowest BCUT2D eigenvalue weighted by molar-refractivity contribution is 0.100. The average molecular weight is 229 g/mol. The number of aryl methyl sites for hydroxylation is 1. The predicted molar refractivity (Wildman–Crippen MR) is 65.0 cm³/mol. The summed E-state index contributed by atoms with van der Waals surface area (Å²) in [5.41, 5.74) is 1.88. The first kappa shape index (κ1) is 11.6. The summed E-state index contributed by atoms with van der Waals surface area (Å²) < 4.78 is 4.98. The van der Waals surface area contributed by atoms with Crippen LogP contribution in [0.4, 0.5) is 0 Å². The zero-order valence-corrected chi connectivity index (χ0v) is 9.85. The number of nitrogens with zero attached hydrogens (tertiary/aromatic N) is 1. The molecule has 0 atom stereocenters. The van der Waals surface area contributed by atoms with E-state index in [1.165, 1.54) is 30.9 Å². The fraction of sp³-hybridized carbons (Fsp3) is 0.286. The van der Waals surface area contributed by atoms with E-state index in [0.717, 1.165) is 6.42 Å². The van der Waals surface area contributed by atoms with Gasteiger partial charge in [-0.05, 0) is 18.4 Å². The van der Waals surface area contributed by atoms with Crippen molar-refractivity contribution in [2.24, 2.45) is 0 Å². The lowest BCUT2D eigenvalue weighted by atomic mass is 10.0. The van der Waals surface area contributed by atoms with Gasteiger partial charge in [-0.25, -0.2) is 4.98 Å². The van der Waals surface area contributed by atoms with Crippen LogP contribution in [0.5, 0.6) is 0 Å². The molecule has 0 N–H and O–H groups in total. The highest BCUT2D eigenvalue weighted by molar-refractivity contribution is 6.05. The van der Waals surface area contributed by atoms with Gasteiger partial charge >= 0.3 is 0 Å². The maximum absolute atomic E-state index is 11.9. The van der Waals surface area contributed by atoms with E-state index in [4.69, 9.17) is 4.42 Å². The molecule has 0 fully saturated rings. The van der Waals surface area contributed by atoms with Crippen molar-refractivity contribution in [1.29, 1.82) is 0 Å². The van der Waals surface area contributed by atoms with Crippen molar-refractivity contribution in [3.05, 3.63) is 53.7 Å². The minimum Gasteiger partial charge on any atom is -0.442 e. The zero-order chi connectivity index (χ0) is 12.1. The van der Waals surface area contributed by atoms with Crippen molar-refractivity contribution in [2.45, 2.75) is 26.2 Å². The molecule has 2 aromatic rings. The Morgan fingerprint density at radius 2 is 2.06 bits per heavy atom. The van der Waals surface area contributed by atoms with Gasteiger partial charge in [0.15, 0.2) is 0 Å². The highest BCUT2D eigenvalue weighted by Crippen LogP contribution is 2.11. The van der Waals surface area contributed by atoms with E-state index in [0.29, 0.717) is 5.56 Å². The van der Waals surface area contributed by atoms with Crippen LogP contribution < -0.4 is 0 Å². The van der Waals surface area contributed by atoms with Gasteiger partial charge in [-0.1, -0.05) is 37.6 Å².